The monoisotopic (exact) mass is 354 g/mol. The van der Waals surface area contributed by atoms with Crippen LogP contribution in [0, 0.1) is 13.8 Å². The second-order valence-electron chi connectivity index (χ2n) is 5.98. The minimum Gasteiger partial charge on any atom is -0.348 e. The van der Waals surface area contributed by atoms with E-state index in [1.54, 1.807) is 0 Å². The lowest BCUT2D eigenvalue weighted by molar-refractivity contribution is 0.102. The molecule has 0 bridgehead atoms. The van der Waals surface area contributed by atoms with Crippen molar-refractivity contribution >= 4 is 17.5 Å². The first-order chi connectivity index (χ1) is 12.1. The molecule has 2 heterocycles. The summed E-state index contributed by atoms with van der Waals surface area (Å²) in [6.45, 7) is 7.15. The Hall–Kier alpha value is -2.34. The van der Waals surface area contributed by atoms with Crippen molar-refractivity contribution < 1.29 is 4.79 Å². The highest BCUT2D eigenvalue weighted by Gasteiger charge is 2.16. The number of nitrogens with one attached hydrogen (secondary N) is 1. The highest BCUT2D eigenvalue weighted by atomic mass is 32.2. The molecule has 0 aliphatic carbocycles. The van der Waals surface area contributed by atoms with Crippen molar-refractivity contribution in [2.24, 2.45) is 0 Å². The summed E-state index contributed by atoms with van der Waals surface area (Å²) in [7, 11) is 0. The molecule has 0 saturated carbocycles. The zero-order chi connectivity index (χ0) is 17.8. The summed E-state index contributed by atoms with van der Waals surface area (Å²) in [5.41, 5.74) is 3.97. The molecule has 3 rings (SSSR count). The van der Waals surface area contributed by atoms with Gasteiger partial charge in [0.15, 0.2) is 11.6 Å². The Balaban J connectivity index is 1.67. The van der Waals surface area contributed by atoms with E-state index in [1.807, 2.05) is 50.2 Å². The molecule has 1 aromatic carbocycles. The number of thioether (sulfide) groups is 1. The first kappa shape index (κ1) is 17.5. The van der Waals surface area contributed by atoms with Crippen LogP contribution in [0.2, 0.25) is 0 Å². The number of aromatic amines is 1. The van der Waals surface area contributed by atoms with Crippen LogP contribution in [0.5, 0.6) is 0 Å². The summed E-state index contributed by atoms with van der Waals surface area (Å²) in [5.74, 6) is 1.17. The number of H-pyrrole nitrogens is 1. The fraction of sp³-hybridized carbons (Fsp3) is 0.316. The van der Waals surface area contributed by atoms with E-state index in [-0.39, 0.29) is 5.78 Å². The van der Waals surface area contributed by atoms with Gasteiger partial charge in [0.05, 0.1) is 5.75 Å². The van der Waals surface area contributed by atoms with Gasteiger partial charge in [0.25, 0.3) is 0 Å². The molecule has 25 heavy (non-hydrogen) atoms. The minimum atomic E-state index is 0.117. The predicted octanol–water partition coefficient (Wildman–Crippen LogP) is 4.28. The standard InChI is InChI=1S/C19H22N4OS/c1-4-10-23-13(2)11-16(14(23)3)17(24)12-25-19-20-18(21-22-19)15-8-6-5-7-9-15/h5-9,11H,4,10,12H2,1-3H3,(H,20,21,22). The largest absolute Gasteiger partial charge is 0.348 e. The van der Waals surface area contributed by atoms with Gasteiger partial charge in [-0.25, -0.2) is 4.98 Å². The summed E-state index contributed by atoms with van der Waals surface area (Å²) >= 11 is 1.36. The first-order valence-electron chi connectivity index (χ1n) is 8.40. The van der Waals surface area contributed by atoms with Gasteiger partial charge in [-0.05, 0) is 26.3 Å². The van der Waals surface area contributed by atoms with Gasteiger partial charge < -0.3 is 4.57 Å². The van der Waals surface area contributed by atoms with E-state index in [1.165, 1.54) is 11.8 Å². The average Bonchev–Trinajstić information content (AvgIpc) is 3.21. The molecular formula is C19H22N4OS. The van der Waals surface area contributed by atoms with Crippen molar-refractivity contribution in [3.63, 3.8) is 0 Å². The first-order valence-corrected chi connectivity index (χ1v) is 9.39. The van der Waals surface area contributed by atoms with Crippen LogP contribution in [0.15, 0.2) is 41.6 Å². The summed E-state index contributed by atoms with van der Waals surface area (Å²) < 4.78 is 2.21. The van der Waals surface area contributed by atoms with E-state index in [2.05, 4.69) is 26.7 Å². The average molecular weight is 354 g/mol. The third-order valence-electron chi connectivity index (χ3n) is 4.17. The number of nitrogens with zero attached hydrogens (tertiary/aromatic N) is 3. The lowest BCUT2D eigenvalue weighted by Crippen LogP contribution is -2.06. The van der Waals surface area contributed by atoms with Gasteiger partial charge in [0.1, 0.15) is 0 Å². The molecule has 5 nitrogen and oxygen atoms in total. The molecule has 1 N–H and O–H groups in total. The predicted molar refractivity (Wildman–Crippen MR) is 101 cm³/mol. The number of carbonyl (C=O) groups excluding carboxylic acids is 1. The number of hydrogen-bond acceptors (Lipinski definition) is 4. The van der Waals surface area contributed by atoms with E-state index in [0.717, 1.165) is 41.3 Å². The molecule has 0 saturated heterocycles. The number of hydrogen-bond donors (Lipinski definition) is 1. The summed E-state index contributed by atoms with van der Waals surface area (Å²) in [5, 5.41) is 7.72. The van der Waals surface area contributed by atoms with E-state index in [0.29, 0.717) is 10.9 Å². The van der Waals surface area contributed by atoms with Crippen LogP contribution in [0.3, 0.4) is 0 Å². The lowest BCUT2D eigenvalue weighted by atomic mass is 10.2. The van der Waals surface area contributed by atoms with E-state index >= 15 is 0 Å². The van der Waals surface area contributed by atoms with Crippen molar-refractivity contribution in [3.05, 3.63) is 53.3 Å². The third kappa shape index (κ3) is 3.85. The van der Waals surface area contributed by atoms with Crippen molar-refractivity contribution in [1.82, 2.24) is 19.7 Å². The van der Waals surface area contributed by atoms with Gasteiger partial charge >= 0.3 is 0 Å². The third-order valence-corrected chi connectivity index (χ3v) is 5.01. The molecule has 0 atom stereocenters. The smallest absolute Gasteiger partial charge is 0.209 e. The minimum absolute atomic E-state index is 0.117. The molecule has 130 valence electrons. The zero-order valence-electron chi connectivity index (χ0n) is 14.7. The highest BCUT2D eigenvalue weighted by Crippen LogP contribution is 2.22. The van der Waals surface area contributed by atoms with E-state index in [9.17, 15) is 4.79 Å². The zero-order valence-corrected chi connectivity index (χ0v) is 15.6. The molecule has 0 fully saturated rings. The van der Waals surface area contributed by atoms with Crippen LogP contribution in [0.1, 0.15) is 35.1 Å². The maximum Gasteiger partial charge on any atom is 0.209 e. The fourth-order valence-electron chi connectivity index (χ4n) is 2.90. The van der Waals surface area contributed by atoms with Crippen molar-refractivity contribution in [2.75, 3.05) is 5.75 Å². The topological polar surface area (TPSA) is 63.6 Å². The number of rotatable bonds is 7. The van der Waals surface area contributed by atoms with Gasteiger partial charge in [-0.2, -0.15) is 0 Å². The molecule has 6 heteroatoms. The van der Waals surface area contributed by atoms with Crippen molar-refractivity contribution in [2.45, 2.75) is 38.9 Å². The Bertz CT molecular complexity index is 867. The van der Waals surface area contributed by atoms with Gasteiger partial charge in [-0.3, -0.25) is 9.89 Å². The molecular weight excluding hydrogens is 332 g/mol. The molecule has 0 spiro atoms. The van der Waals surface area contributed by atoms with Crippen molar-refractivity contribution in [3.8, 4) is 11.4 Å². The molecule has 0 radical (unpaired) electrons. The van der Waals surface area contributed by atoms with Crippen LogP contribution < -0.4 is 0 Å². The molecule has 2 aromatic heterocycles. The van der Waals surface area contributed by atoms with Crippen LogP contribution >= 0.6 is 11.8 Å². The maximum absolute atomic E-state index is 12.6. The van der Waals surface area contributed by atoms with Crippen molar-refractivity contribution in [1.29, 1.82) is 0 Å². The van der Waals surface area contributed by atoms with Crippen LogP contribution in [-0.4, -0.2) is 31.3 Å². The number of ketones is 1. The van der Waals surface area contributed by atoms with Gasteiger partial charge in [0.2, 0.25) is 5.16 Å². The Morgan fingerprint density at radius 3 is 2.72 bits per heavy atom. The number of benzene rings is 1. The maximum atomic E-state index is 12.6. The highest BCUT2D eigenvalue weighted by molar-refractivity contribution is 7.99. The summed E-state index contributed by atoms with van der Waals surface area (Å²) in [6, 6.07) is 11.8. The number of carbonyl (C=O) groups is 1. The molecule has 0 amide bonds. The lowest BCUT2D eigenvalue weighted by Gasteiger charge is -2.07. The van der Waals surface area contributed by atoms with E-state index < -0.39 is 0 Å². The number of Topliss-reactive ketones (excluding diaryl/α,β-unsaturated/α-hetero) is 1. The Labute approximate surface area is 151 Å². The van der Waals surface area contributed by atoms with Crippen LogP contribution in [0.25, 0.3) is 11.4 Å². The summed E-state index contributed by atoms with van der Waals surface area (Å²) in [6.07, 6.45) is 1.05. The second-order valence-corrected chi connectivity index (χ2v) is 6.92. The SMILES string of the molecule is CCCn1c(C)cc(C(=O)CSc2n[nH]c(-c3ccccc3)n2)c1C. The van der Waals surface area contributed by atoms with Crippen LogP contribution in [-0.2, 0) is 6.54 Å². The molecule has 3 aromatic rings. The molecule has 0 unspecified atom stereocenters. The van der Waals surface area contributed by atoms with Gasteiger partial charge in [-0.15, -0.1) is 5.10 Å². The van der Waals surface area contributed by atoms with Gasteiger partial charge in [0, 0.05) is 29.1 Å². The Morgan fingerprint density at radius 1 is 1.24 bits per heavy atom. The number of aryl methyl sites for hydroxylation is 1. The normalized spacial score (nSPS) is 11.0. The Morgan fingerprint density at radius 2 is 2.00 bits per heavy atom. The van der Waals surface area contributed by atoms with Gasteiger partial charge in [-0.1, -0.05) is 49.0 Å². The number of aromatic nitrogens is 4. The fourth-order valence-corrected chi connectivity index (χ4v) is 3.58. The van der Waals surface area contributed by atoms with Crippen LogP contribution in [0.4, 0.5) is 0 Å². The summed E-state index contributed by atoms with van der Waals surface area (Å²) in [4.78, 5) is 17.0. The molecule has 0 aliphatic rings. The second kappa shape index (κ2) is 7.70. The van der Waals surface area contributed by atoms with E-state index in [4.69, 9.17) is 0 Å². The molecule has 0 aliphatic heterocycles. The quantitative estimate of drug-likeness (QED) is 0.508. The Kier molecular flexibility index (Phi) is 5.38.